The average molecular weight is 540 g/mol. The highest BCUT2D eigenvalue weighted by atomic mass is 35.5. The van der Waals surface area contributed by atoms with E-state index < -0.39 is 36.6 Å². The van der Waals surface area contributed by atoms with Gasteiger partial charge in [-0.3, -0.25) is 9.36 Å². The summed E-state index contributed by atoms with van der Waals surface area (Å²) >= 11 is 6.31. The van der Waals surface area contributed by atoms with Crippen LogP contribution in [0.15, 0.2) is 36.4 Å². The summed E-state index contributed by atoms with van der Waals surface area (Å²) in [6.07, 6.45) is -7.46. The van der Waals surface area contributed by atoms with Gasteiger partial charge < -0.3 is 18.9 Å². The molecule has 0 aliphatic carbocycles. The Morgan fingerprint density at radius 3 is 2.49 bits per heavy atom. The molecule has 1 aliphatic rings. The molecule has 1 aromatic heterocycles. The van der Waals surface area contributed by atoms with Crippen molar-refractivity contribution in [1.29, 1.82) is 0 Å². The predicted octanol–water partition coefficient (Wildman–Crippen LogP) is 5.85. The SMILES string of the molecule is CCOC(=O)CC1OC(c2cccc(OCC)c2OCC)c2cc(Cl)ccc2-n2c1nnc2C(F)(F)F. The van der Waals surface area contributed by atoms with Crippen molar-refractivity contribution in [2.45, 2.75) is 45.6 Å². The number of ether oxygens (including phenoxy) is 4. The molecule has 2 aromatic carbocycles. The van der Waals surface area contributed by atoms with Crippen LogP contribution in [0.25, 0.3) is 5.69 Å². The summed E-state index contributed by atoms with van der Waals surface area (Å²) in [5, 5.41) is 7.48. The van der Waals surface area contributed by atoms with Crippen molar-refractivity contribution in [3.05, 3.63) is 64.2 Å². The highest BCUT2D eigenvalue weighted by molar-refractivity contribution is 6.30. The van der Waals surface area contributed by atoms with Gasteiger partial charge in [-0.25, -0.2) is 0 Å². The molecule has 8 nitrogen and oxygen atoms in total. The Kier molecular flexibility index (Phi) is 7.93. The quantitative estimate of drug-likeness (QED) is 0.332. The van der Waals surface area contributed by atoms with E-state index >= 15 is 0 Å². The normalized spacial score (nSPS) is 16.9. The summed E-state index contributed by atoms with van der Waals surface area (Å²) in [6.45, 7) is 5.99. The van der Waals surface area contributed by atoms with Crippen LogP contribution in [0.3, 0.4) is 0 Å². The minimum absolute atomic E-state index is 0.0934. The third-order valence-corrected chi connectivity index (χ3v) is 5.82. The number of fused-ring (bicyclic) bond motifs is 3. The minimum atomic E-state index is -4.83. The van der Waals surface area contributed by atoms with E-state index in [4.69, 9.17) is 30.5 Å². The lowest BCUT2D eigenvalue weighted by Gasteiger charge is -2.25. The second kappa shape index (κ2) is 11.0. The van der Waals surface area contributed by atoms with Gasteiger partial charge in [-0.1, -0.05) is 23.7 Å². The van der Waals surface area contributed by atoms with Gasteiger partial charge in [-0.2, -0.15) is 13.2 Å². The fraction of sp³-hybridized carbons (Fsp3) is 0.400. The molecule has 2 unspecified atom stereocenters. The number of nitrogens with zero attached hydrogens (tertiary/aromatic N) is 3. The van der Waals surface area contributed by atoms with Gasteiger partial charge in [0.05, 0.1) is 31.9 Å². The molecule has 37 heavy (non-hydrogen) atoms. The van der Waals surface area contributed by atoms with Crippen LogP contribution in [-0.2, 0) is 20.4 Å². The van der Waals surface area contributed by atoms with Crippen molar-refractivity contribution in [3.8, 4) is 17.2 Å². The second-order valence-corrected chi connectivity index (χ2v) is 8.41. The van der Waals surface area contributed by atoms with Crippen LogP contribution in [0.2, 0.25) is 5.02 Å². The highest BCUT2D eigenvalue weighted by Gasteiger charge is 2.44. The van der Waals surface area contributed by atoms with Crippen LogP contribution < -0.4 is 9.47 Å². The number of esters is 1. The molecule has 0 N–H and O–H groups in total. The van der Waals surface area contributed by atoms with E-state index in [1.165, 1.54) is 18.2 Å². The van der Waals surface area contributed by atoms with Crippen LogP contribution >= 0.6 is 11.6 Å². The lowest BCUT2D eigenvalue weighted by atomic mass is 9.98. The van der Waals surface area contributed by atoms with Crippen LogP contribution in [0.4, 0.5) is 13.2 Å². The smallest absolute Gasteiger partial charge is 0.452 e. The molecule has 0 saturated heterocycles. The molecule has 1 aliphatic heterocycles. The van der Waals surface area contributed by atoms with Gasteiger partial charge in [0.25, 0.3) is 0 Å². The number of alkyl halides is 3. The Morgan fingerprint density at radius 2 is 1.81 bits per heavy atom. The number of para-hydroxylation sites is 1. The number of carbonyl (C=O) groups excluding carboxylic acids is 1. The standard InChI is InChI=1S/C25H25ClF3N3O5/c1-4-34-18-9-7-8-15(22(18)36-6-3)21-16-12-14(26)10-11-17(16)32-23(30-31-24(32)25(27,28)29)19(37-21)13-20(33)35-5-2/h7-12,19,21H,4-6,13H2,1-3H3. The van der Waals surface area contributed by atoms with Gasteiger partial charge >= 0.3 is 12.1 Å². The largest absolute Gasteiger partial charge is 0.490 e. The molecule has 4 rings (SSSR count). The van der Waals surface area contributed by atoms with E-state index in [0.29, 0.717) is 35.8 Å². The first-order valence-electron chi connectivity index (χ1n) is 11.7. The molecule has 0 bridgehead atoms. The molecule has 0 spiro atoms. The van der Waals surface area contributed by atoms with Crippen molar-refractivity contribution < 1.29 is 36.9 Å². The molecule has 0 saturated carbocycles. The number of hydrogen-bond acceptors (Lipinski definition) is 7. The van der Waals surface area contributed by atoms with Crippen LogP contribution in [0, 0.1) is 0 Å². The Bertz CT molecular complexity index is 1280. The van der Waals surface area contributed by atoms with E-state index in [1.54, 1.807) is 32.0 Å². The molecule has 3 aromatic rings. The molecular formula is C25H25ClF3N3O5. The summed E-state index contributed by atoms with van der Waals surface area (Å²) in [6, 6.07) is 9.59. The first-order valence-corrected chi connectivity index (χ1v) is 12.1. The molecule has 2 heterocycles. The lowest BCUT2D eigenvalue weighted by molar-refractivity contribution is -0.147. The summed E-state index contributed by atoms with van der Waals surface area (Å²) in [7, 11) is 0. The fourth-order valence-electron chi connectivity index (χ4n) is 4.22. The minimum Gasteiger partial charge on any atom is -0.490 e. The molecule has 0 amide bonds. The maximum absolute atomic E-state index is 14.0. The van der Waals surface area contributed by atoms with Gasteiger partial charge in [0.1, 0.15) is 12.2 Å². The predicted molar refractivity (Wildman–Crippen MR) is 127 cm³/mol. The van der Waals surface area contributed by atoms with Crippen molar-refractivity contribution in [2.75, 3.05) is 19.8 Å². The number of benzene rings is 2. The molecule has 12 heteroatoms. The maximum atomic E-state index is 14.0. The number of hydrogen-bond donors (Lipinski definition) is 0. The van der Waals surface area contributed by atoms with Crippen LogP contribution in [0.1, 0.15) is 62.2 Å². The maximum Gasteiger partial charge on any atom is 0.452 e. The zero-order chi connectivity index (χ0) is 26.7. The Hall–Kier alpha value is -3.31. The van der Waals surface area contributed by atoms with Gasteiger partial charge in [-0.05, 0) is 45.0 Å². The number of rotatable bonds is 8. The highest BCUT2D eigenvalue weighted by Crippen LogP contribution is 2.47. The van der Waals surface area contributed by atoms with Gasteiger partial charge in [0.2, 0.25) is 5.82 Å². The Labute approximate surface area is 216 Å². The molecule has 2 atom stereocenters. The van der Waals surface area contributed by atoms with Crippen molar-refractivity contribution in [2.24, 2.45) is 0 Å². The van der Waals surface area contributed by atoms with E-state index in [9.17, 15) is 18.0 Å². The third-order valence-electron chi connectivity index (χ3n) is 5.58. The zero-order valence-corrected chi connectivity index (χ0v) is 21.1. The van der Waals surface area contributed by atoms with Crippen LogP contribution in [0.5, 0.6) is 11.5 Å². The molecule has 198 valence electrons. The van der Waals surface area contributed by atoms with Crippen molar-refractivity contribution in [1.82, 2.24) is 14.8 Å². The van der Waals surface area contributed by atoms with Gasteiger partial charge in [0, 0.05) is 16.1 Å². The van der Waals surface area contributed by atoms with Crippen LogP contribution in [-0.4, -0.2) is 40.6 Å². The first-order chi connectivity index (χ1) is 17.7. The summed E-state index contributed by atoms with van der Waals surface area (Å²) < 4.78 is 66.0. The Morgan fingerprint density at radius 1 is 1.05 bits per heavy atom. The van der Waals surface area contributed by atoms with E-state index in [-0.39, 0.29) is 23.1 Å². The monoisotopic (exact) mass is 539 g/mol. The summed E-state index contributed by atoms with van der Waals surface area (Å²) in [5.41, 5.74) is 0.898. The van der Waals surface area contributed by atoms with Crippen molar-refractivity contribution in [3.63, 3.8) is 0 Å². The molecule has 0 radical (unpaired) electrons. The number of aromatic nitrogens is 3. The summed E-state index contributed by atoms with van der Waals surface area (Å²) in [4.78, 5) is 12.5. The van der Waals surface area contributed by atoms with E-state index in [2.05, 4.69) is 10.2 Å². The summed E-state index contributed by atoms with van der Waals surface area (Å²) in [5.74, 6) is -1.30. The van der Waals surface area contributed by atoms with Gasteiger partial charge in [0.15, 0.2) is 17.3 Å². The topological polar surface area (TPSA) is 84.7 Å². The number of carbonyl (C=O) groups is 1. The zero-order valence-electron chi connectivity index (χ0n) is 20.3. The Balaban J connectivity index is 1.99. The fourth-order valence-corrected chi connectivity index (χ4v) is 4.40. The number of halogens is 4. The van der Waals surface area contributed by atoms with E-state index in [1.807, 2.05) is 6.92 Å². The third kappa shape index (κ3) is 5.37. The van der Waals surface area contributed by atoms with Gasteiger partial charge in [-0.15, -0.1) is 10.2 Å². The second-order valence-electron chi connectivity index (χ2n) is 7.97. The average Bonchev–Trinajstić information content (AvgIpc) is 3.24. The first kappa shape index (κ1) is 26.7. The van der Waals surface area contributed by atoms with Crippen molar-refractivity contribution >= 4 is 17.6 Å². The lowest BCUT2D eigenvalue weighted by Crippen LogP contribution is -2.18. The van der Waals surface area contributed by atoms with E-state index in [0.717, 1.165) is 4.57 Å². The molecule has 0 fully saturated rings. The molecular weight excluding hydrogens is 515 g/mol.